The lowest BCUT2D eigenvalue weighted by molar-refractivity contribution is 0.00578. The summed E-state index contributed by atoms with van der Waals surface area (Å²) in [5, 5.41) is 9.08. The molecule has 1 aromatic heterocycles. The molecule has 18 heavy (non-hydrogen) atoms. The summed E-state index contributed by atoms with van der Waals surface area (Å²) in [5.74, 6) is 0. The van der Waals surface area contributed by atoms with Gasteiger partial charge in [0, 0.05) is 17.3 Å². The van der Waals surface area contributed by atoms with Gasteiger partial charge in [-0.05, 0) is 33.8 Å². The average molecular weight is 245 g/mol. The van der Waals surface area contributed by atoms with Gasteiger partial charge in [-0.3, -0.25) is 0 Å². The van der Waals surface area contributed by atoms with Gasteiger partial charge in [-0.1, -0.05) is 0 Å². The topological polar surface area (TPSA) is 81.2 Å². The summed E-state index contributed by atoms with van der Waals surface area (Å²) in [7, 11) is -0.654. The van der Waals surface area contributed by atoms with Crippen molar-refractivity contribution in [1.29, 1.82) is 5.26 Å². The highest BCUT2D eigenvalue weighted by molar-refractivity contribution is 6.64. The Morgan fingerprint density at radius 3 is 2.33 bits per heavy atom. The summed E-state index contributed by atoms with van der Waals surface area (Å²) in [4.78, 5) is 4.00. The van der Waals surface area contributed by atoms with Gasteiger partial charge >= 0.3 is 7.12 Å². The molecule has 94 valence electrons. The van der Waals surface area contributed by atoms with Crippen LogP contribution in [0.5, 0.6) is 0 Å². The molecule has 1 fully saturated rings. The number of hydrogen-bond donors (Lipinski definition) is 1. The first-order valence-corrected chi connectivity index (χ1v) is 5.78. The van der Waals surface area contributed by atoms with Crippen LogP contribution >= 0.6 is 0 Å². The molecule has 2 rings (SSSR count). The predicted octanol–water partition coefficient (Wildman–Crippen LogP) is 0.835. The number of nitrogen functional groups attached to an aromatic ring is 1. The summed E-state index contributed by atoms with van der Waals surface area (Å²) in [6.07, 6.45) is 1.50. The Morgan fingerprint density at radius 1 is 1.28 bits per heavy atom. The number of nitrogens with two attached hydrogens (primary N) is 1. The summed E-state index contributed by atoms with van der Waals surface area (Å²) in [5.41, 5.74) is 6.19. The third-order valence-corrected chi connectivity index (χ3v) is 3.62. The van der Waals surface area contributed by atoms with E-state index >= 15 is 0 Å². The molecule has 0 aromatic carbocycles. The van der Waals surface area contributed by atoms with Crippen LogP contribution in [0.1, 0.15) is 33.4 Å². The van der Waals surface area contributed by atoms with E-state index in [9.17, 15) is 0 Å². The van der Waals surface area contributed by atoms with Crippen molar-refractivity contribution in [3.8, 4) is 6.07 Å². The largest absolute Gasteiger partial charge is 0.499 e. The highest BCUT2D eigenvalue weighted by Gasteiger charge is 2.53. The first-order valence-electron chi connectivity index (χ1n) is 5.78. The van der Waals surface area contributed by atoms with Crippen LogP contribution in [0, 0.1) is 11.3 Å². The number of hydrogen-bond acceptors (Lipinski definition) is 5. The minimum atomic E-state index is -0.654. The second kappa shape index (κ2) is 3.97. The fourth-order valence-corrected chi connectivity index (χ4v) is 1.79. The Bertz CT molecular complexity index is 507. The summed E-state index contributed by atoms with van der Waals surface area (Å²) in [6, 6.07) is 3.66. The zero-order chi connectivity index (χ0) is 13.6. The number of rotatable bonds is 1. The lowest BCUT2D eigenvalue weighted by Gasteiger charge is -2.32. The fourth-order valence-electron chi connectivity index (χ4n) is 1.79. The van der Waals surface area contributed by atoms with Crippen LogP contribution in [0.25, 0.3) is 0 Å². The van der Waals surface area contributed by atoms with Gasteiger partial charge in [-0.2, -0.15) is 5.26 Å². The molecule has 1 aliphatic rings. The van der Waals surface area contributed by atoms with E-state index in [1.165, 1.54) is 6.20 Å². The van der Waals surface area contributed by atoms with Gasteiger partial charge < -0.3 is 15.0 Å². The van der Waals surface area contributed by atoms with E-state index in [1.54, 1.807) is 6.07 Å². The standard InChI is InChI=1S/C12H16BN3O2/c1-11(2)12(3,4)18-13(17-11)10-8(15)5-6-16-9(10)7-14/h5-6H,1-4H3,(H2,15,16). The van der Waals surface area contributed by atoms with E-state index in [1.807, 2.05) is 33.8 Å². The highest BCUT2D eigenvalue weighted by Crippen LogP contribution is 2.36. The molecule has 0 atom stereocenters. The van der Waals surface area contributed by atoms with E-state index in [0.717, 1.165) is 0 Å². The number of pyridine rings is 1. The maximum atomic E-state index is 9.08. The average Bonchev–Trinajstić information content (AvgIpc) is 2.47. The molecule has 2 heterocycles. The Balaban J connectivity index is 2.45. The molecule has 0 aliphatic carbocycles. The normalized spacial score (nSPS) is 20.7. The van der Waals surface area contributed by atoms with E-state index in [0.29, 0.717) is 11.2 Å². The van der Waals surface area contributed by atoms with E-state index < -0.39 is 18.3 Å². The number of anilines is 1. The maximum absolute atomic E-state index is 9.08. The Kier molecular flexibility index (Phi) is 2.84. The van der Waals surface area contributed by atoms with Crippen molar-refractivity contribution in [3.05, 3.63) is 18.0 Å². The SMILES string of the molecule is CC1(C)OB(c2c(N)ccnc2C#N)OC1(C)C. The zero-order valence-electron chi connectivity index (χ0n) is 11.0. The van der Waals surface area contributed by atoms with Crippen LogP contribution in [-0.4, -0.2) is 23.3 Å². The van der Waals surface area contributed by atoms with Gasteiger partial charge in [-0.25, -0.2) is 4.98 Å². The zero-order valence-corrected chi connectivity index (χ0v) is 11.0. The van der Waals surface area contributed by atoms with Gasteiger partial charge in [0.1, 0.15) is 11.8 Å². The van der Waals surface area contributed by atoms with Gasteiger partial charge in [0.25, 0.3) is 0 Å². The van der Waals surface area contributed by atoms with E-state index in [-0.39, 0.29) is 5.69 Å². The summed E-state index contributed by atoms with van der Waals surface area (Å²) >= 11 is 0. The van der Waals surface area contributed by atoms with Gasteiger partial charge in [0.05, 0.1) is 11.2 Å². The van der Waals surface area contributed by atoms with Crippen molar-refractivity contribution in [2.45, 2.75) is 38.9 Å². The van der Waals surface area contributed by atoms with E-state index in [2.05, 4.69) is 4.98 Å². The molecule has 0 amide bonds. The molecule has 5 nitrogen and oxygen atoms in total. The lowest BCUT2D eigenvalue weighted by Crippen LogP contribution is -2.41. The second-order valence-electron chi connectivity index (χ2n) is 5.36. The molecule has 2 N–H and O–H groups in total. The molecule has 1 saturated heterocycles. The predicted molar refractivity (Wildman–Crippen MR) is 69.1 cm³/mol. The molecular weight excluding hydrogens is 229 g/mol. The Hall–Kier alpha value is -1.58. The molecule has 0 spiro atoms. The van der Waals surface area contributed by atoms with Gasteiger partial charge in [-0.15, -0.1) is 0 Å². The molecule has 0 saturated carbocycles. The van der Waals surface area contributed by atoms with Crippen molar-refractivity contribution in [1.82, 2.24) is 4.98 Å². The van der Waals surface area contributed by atoms with E-state index in [4.69, 9.17) is 20.3 Å². The number of nitriles is 1. The Morgan fingerprint density at radius 2 is 1.83 bits per heavy atom. The smallest absolute Gasteiger partial charge is 0.399 e. The second-order valence-corrected chi connectivity index (χ2v) is 5.36. The van der Waals surface area contributed by atoms with Crippen molar-refractivity contribution in [2.75, 3.05) is 5.73 Å². The molecule has 6 heteroatoms. The van der Waals surface area contributed by atoms with Crippen LogP contribution in [0.3, 0.4) is 0 Å². The van der Waals surface area contributed by atoms with Crippen molar-refractivity contribution in [2.24, 2.45) is 0 Å². The monoisotopic (exact) mass is 245 g/mol. The first-order chi connectivity index (χ1) is 8.28. The van der Waals surface area contributed by atoms with Crippen LogP contribution in [0.2, 0.25) is 0 Å². The quantitative estimate of drug-likeness (QED) is 0.741. The third-order valence-electron chi connectivity index (χ3n) is 3.62. The highest BCUT2D eigenvalue weighted by atomic mass is 16.7. The van der Waals surface area contributed by atoms with Crippen LogP contribution in [-0.2, 0) is 9.31 Å². The number of aromatic nitrogens is 1. The molecule has 0 radical (unpaired) electrons. The third kappa shape index (κ3) is 1.86. The van der Waals surface area contributed by atoms with Gasteiger partial charge in [0.2, 0.25) is 0 Å². The number of nitrogens with zero attached hydrogens (tertiary/aromatic N) is 2. The van der Waals surface area contributed by atoms with Crippen molar-refractivity contribution < 1.29 is 9.31 Å². The Labute approximate surface area is 107 Å². The molecule has 1 aliphatic heterocycles. The lowest BCUT2D eigenvalue weighted by atomic mass is 9.76. The van der Waals surface area contributed by atoms with Crippen LogP contribution in [0.15, 0.2) is 12.3 Å². The summed E-state index contributed by atoms with van der Waals surface area (Å²) in [6.45, 7) is 7.80. The first kappa shape index (κ1) is 12.9. The molecule has 0 bridgehead atoms. The summed E-state index contributed by atoms with van der Waals surface area (Å²) < 4.78 is 11.8. The minimum Gasteiger partial charge on any atom is -0.399 e. The van der Waals surface area contributed by atoms with Crippen LogP contribution < -0.4 is 11.2 Å². The molecular formula is C12H16BN3O2. The molecule has 0 unspecified atom stereocenters. The van der Waals surface area contributed by atoms with Crippen LogP contribution in [0.4, 0.5) is 5.69 Å². The fraction of sp³-hybridized carbons (Fsp3) is 0.500. The van der Waals surface area contributed by atoms with Gasteiger partial charge in [0.15, 0.2) is 0 Å². The maximum Gasteiger partial charge on any atom is 0.499 e. The molecule has 1 aromatic rings. The van der Waals surface area contributed by atoms with Crippen molar-refractivity contribution >= 4 is 18.3 Å². The minimum absolute atomic E-state index is 0.244. The van der Waals surface area contributed by atoms with Crippen molar-refractivity contribution in [3.63, 3.8) is 0 Å².